The van der Waals surface area contributed by atoms with Crippen LogP contribution in [0.15, 0.2) is 24.3 Å². The predicted octanol–water partition coefficient (Wildman–Crippen LogP) is 1.50. The quantitative estimate of drug-likeness (QED) is 0.655. The molecule has 0 bridgehead atoms. The van der Waals surface area contributed by atoms with Gasteiger partial charge in [0, 0.05) is 63.2 Å². The van der Waals surface area contributed by atoms with Crippen LogP contribution in [0.2, 0.25) is 0 Å². The predicted molar refractivity (Wildman–Crippen MR) is 98.9 cm³/mol. The molecule has 0 N–H and O–H groups in total. The average molecular weight is 360 g/mol. The fourth-order valence-electron chi connectivity index (χ4n) is 3.30. The molecule has 0 unspecified atom stereocenters. The van der Waals surface area contributed by atoms with Crippen molar-refractivity contribution in [1.29, 1.82) is 0 Å². The Labute approximate surface area is 155 Å². The zero-order valence-electron chi connectivity index (χ0n) is 15.3. The summed E-state index contributed by atoms with van der Waals surface area (Å²) in [5.41, 5.74) is 1.37. The molecule has 0 amide bonds. The van der Waals surface area contributed by atoms with E-state index in [-0.39, 0.29) is 11.6 Å². The van der Waals surface area contributed by atoms with Gasteiger partial charge < -0.3 is 9.47 Å². The Hall–Kier alpha value is -1.60. The maximum atomic E-state index is 12.3. The van der Waals surface area contributed by atoms with Crippen molar-refractivity contribution in [2.45, 2.75) is 12.8 Å². The van der Waals surface area contributed by atoms with Crippen LogP contribution >= 0.6 is 0 Å². The summed E-state index contributed by atoms with van der Waals surface area (Å²) < 4.78 is 10.6. The number of benzene rings is 1. The van der Waals surface area contributed by atoms with E-state index in [1.54, 1.807) is 24.3 Å². The zero-order chi connectivity index (χ0) is 18.2. The molecule has 0 aliphatic carbocycles. The third-order valence-corrected chi connectivity index (χ3v) is 5.05. The molecule has 0 atom stereocenters. The van der Waals surface area contributed by atoms with Crippen LogP contribution in [-0.4, -0.2) is 87.1 Å². The summed E-state index contributed by atoms with van der Waals surface area (Å²) in [7, 11) is 0. The number of morpholine rings is 2. The van der Waals surface area contributed by atoms with E-state index in [2.05, 4.69) is 9.80 Å². The number of ketones is 2. The molecule has 26 heavy (non-hydrogen) atoms. The second kappa shape index (κ2) is 9.92. The second-order valence-electron chi connectivity index (χ2n) is 6.83. The summed E-state index contributed by atoms with van der Waals surface area (Å²) in [5, 5.41) is 0. The average Bonchev–Trinajstić information content (AvgIpc) is 2.72. The molecule has 142 valence electrons. The first-order valence-electron chi connectivity index (χ1n) is 9.49. The van der Waals surface area contributed by atoms with E-state index in [0.29, 0.717) is 24.0 Å². The first-order chi connectivity index (χ1) is 12.7. The molecular formula is C20H28N2O4. The molecule has 3 rings (SSSR count). The molecule has 0 aromatic heterocycles. The molecule has 1 aromatic carbocycles. The van der Waals surface area contributed by atoms with Gasteiger partial charge in [0.05, 0.1) is 26.4 Å². The van der Waals surface area contributed by atoms with Gasteiger partial charge in [0.2, 0.25) is 0 Å². The molecule has 2 fully saturated rings. The Balaban J connectivity index is 1.44. The number of Topliss-reactive ketones (excluding diaryl/α,β-unsaturated/α-hetero) is 2. The van der Waals surface area contributed by atoms with Crippen LogP contribution < -0.4 is 0 Å². The van der Waals surface area contributed by atoms with Crippen molar-refractivity contribution < 1.29 is 19.1 Å². The highest BCUT2D eigenvalue weighted by Crippen LogP contribution is 2.11. The van der Waals surface area contributed by atoms with Gasteiger partial charge in [0.1, 0.15) is 0 Å². The first kappa shape index (κ1) is 19.2. The van der Waals surface area contributed by atoms with Crippen molar-refractivity contribution in [2.24, 2.45) is 0 Å². The van der Waals surface area contributed by atoms with Crippen LogP contribution in [0.25, 0.3) is 0 Å². The summed E-state index contributed by atoms with van der Waals surface area (Å²) in [5.74, 6) is 0.257. The van der Waals surface area contributed by atoms with E-state index in [1.807, 2.05) is 0 Å². The van der Waals surface area contributed by atoms with Crippen molar-refractivity contribution in [1.82, 2.24) is 9.80 Å². The number of rotatable bonds is 8. The van der Waals surface area contributed by atoms with Gasteiger partial charge in [-0.15, -0.1) is 0 Å². The summed E-state index contributed by atoms with van der Waals surface area (Å²) in [6.45, 7) is 8.09. The number of hydrogen-bond acceptors (Lipinski definition) is 6. The standard InChI is InChI=1S/C20H28N2O4/c23-19(5-7-21-9-13-25-14-10-21)17-1-2-18(4-3-17)20(24)6-8-22-11-15-26-16-12-22/h1-4H,5-16H2. The molecule has 0 radical (unpaired) electrons. The Bertz CT molecular complexity index is 537. The third kappa shape index (κ3) is 5.71. The maximum absolute atomic E-state index is 12.3. The topological polar surface area (TPSA) is 59.1 Å². The summed E-state index contributed by atoms with van der Waals surface area (Å²) >= 11 is 0. The van der Waals surface area contributed by atoms with Crippen LogP contribution in [0.4, 0.5) is 0 Å². The largest absolute Gasteiger partial charge is 0.379 e. The van der Waals surface area contributed by atoms with Crippen LogP contribution in [0.3, 0.4) is 0 Å². The zero-order valence-corrected chi connectivity index (χ0v) is 15.3. The van der Waals surface area contributed by atoms with Crippen molar-refractivity contribution in [3.8, 4) is 0 Å². The minimum atomic E-state index is 0.129. The van der Waals surface area contributed by atoms with Gasteiger partial charge >= 0.3 is 0 Å². The van der Waals surface area contributed by atoms with Gasteiger partial charge in [0.25, 0.3) is 0 Å². The fourth-order valence-corrected chi connectivity index (χ4v) is 3.30. The molecule has 2 aliphatic heterocycles. The first-order valence-corrected chi connectivity index (χ1v) is 9.49. The van der Waals surface area contributed by atoms with E-state index in [4.69, 9.17) is 9.47 Å². The molecule has 0 spiro atoms. The van der Waals surface area contributed by atoms with Gasteiger partial charge in [-0.3, -0.25) is 19.4 Å². The maximum Gasteiger partial charge on any atom is 0.164 e. The SMILES string of the molecule is O=C(CCN1CCOCC1)c1ccc(C(=O)CCN2CCOCC2)cc1. The van der Waals surface area contributed by atoms with E-state index in [9.17, 15) is 9.59 Å². The van der Waals surface area contributed by atoms with Crippen LogP contribution in [0, 0.1) is 0 Å². The number of carbonyl (C=O) groups excluding carboxylic acids is 2. The van der Waals surface area contributed by atoms with Crippen LogP contribution in [-0.2, 0) is 9.47 Å². The Morgan fingerprint density at radius 1 is 0.692 bits per heavy atom. The summed E-state index contributed by atoms with van der Waals surface area (Å²) in [4.78, 5) is 29.2. The molecule has 2 aliphatic rings. The number of ether oxygens (including phenoxy) is 2. The molecule has 6 nitrogen and oxygen atoms in total. The highest BCUT2D eigenvalue weighted by molar-refractivity contribution is 5.99. The number of nitrogens with zero attached hydrogens (tertiary/aromatic N) is 2. The Kier molecular flexibility index (Phi) is 7.32. The minimum absolute atomic E-state index is 0.129. The normalized spacial score (nSPS) is 19.4. The monoisotopic (exact) mass is 360 g/mol. The fraction of sp³-hybridized carbons (Fsp3) is 0.600. The highest BCUT2D eigenvalue weighted by Gasteiger charge is 2.15. The second-order valence-corrected chi connectivity index (χ2v) is 6.83. The van der Waals surface area contributed by atoms with Gasteiger partial charge in [0.15, 0.2) is 11.6 Å². The molecular weight excluding hydrogens is 332 g/mol. The minimum Gasteiger partial charge on any atom is -0.379 e. The van der Waals surface area contributed by atoms with Crippen molar-refractivity contribution in [2.75, 3.05) is 65.7 Å². The van der Waals surface area contributed by atoms with E-state index in [0.717, 1.165) is 65.7 Å². The van der Waals surface area contributed by atoms with Gasteiger partial charge in [-0.1, -0.05) is 24.3 Å². The molecule has 0 saturated carbocycles. The Morgan fingerprint density at radius 2 is 1.04 bits per heavy atom. The van der Waals surface area contributed by atoms with Gasteiger partial charge in [-0.25, -0.2) is 0 Å². The number of carbonyl (C=O) groups is 2. The van der Waals surface area contributed by atoms with Crippen molar-refractivity contribution >= 4 is 11.6 Å². The summed E-state index contributed by atoms with van der Waals surface area (Å²) in [6.07, 6.45) is 1.01. The Morgan fingerprint density at radius 3 is 1.38 bits per heavy atom. The molecule has 2 saturated heterocycles. The van der Waals surface area contributed by atoms with Crippen molar-refractivity contribution in [3.63, 3.8) is 0 Å². The number of hydrogen-bond donors (Lipinski definition) is 0. The van der Waals surface area contributed by atoms with Crippen molar-refractivity contribution in [3.05, 3.63) is 35.4 Å². The lowest BCUT2D eigenvalue weighted by Crippen LogP contribution is -2.37. The third-order valence-electron chi connectivity index (χ3n) is 5.05. The van der Waals surface area contributed by atoms with Gasteiger partial charge in [-0.05, 0) is 0 Å². The molecule has 6 heteroatoms. The summed E-state index contributed by atoms with van der Waals surface area (Å²) in [6, 6.07) is 7.13. The lowest BCUT2D eigenvalue weighted by molar-refractivity contribution is 0.0370. The lowest BCUT2D eigenvalue weighted by Gasteiger charge is -2.26. The van der Waals surface area contributed by atoms with E-state index < -0.39 is 0 Å². The van der Waals surface area contributed by atoms with Gasteiger partial charge in [-0.2, -0.15) is 0 Å². The lowest BCUT2D eigenvalue weighted by atomic mass is 10.0. The van der Waals surface area contributed by atoms with E-state index >= 15 is 0 Å². The smallest absolute Gasteiger partial charge is 0.164 e. The van der Waals surface area contributed by atoms with Crippen LogP contribution in [0.1, 0.15) is 33.6 Å². The molecule has 1 aromatic rings. The van der Waals surface area contributed by atoms with Crippen LogP contribution in [0.5, 0.6) is 0 Å². The van der Waals surface area contributed by atoms with E-state index in [1.165, 1.54) is 0 Å². The highest BCUT2D eigenvalue weighted by atomic mass is 16.5. The molecule has 2 heterocycles.